The van der Waals surface area contributed by atoms with E-state index in [2.05, 4.69) is 10.2 Å². The van der Waals surface area contributed by atoms with Gasteiger partial charge in [-0.05, 0) is 44.2 Å². The quantitative estimate of drug-likeness (QED) is 0.473. The van der Waals surface area contributed by atoms with Gasteiger partial charge in [0, 0.05) is 33.0 Å². The molecule has 0 N–H and O–H groups in total. The maximum Gasteiger partial charge on any atom is 0.191 e. The molecule has 0 unspecified atom stereocenters. The maximum atomic E-state index is 12.4. The average Bonchev–Trinajstić information content (AvgIpc) is 3.08. The highest BCUT2D eigenvalue weighted by Crippen LogP contribution is 2.26. The Morgan fingerprint density at radius 1 is 1.25 bits per heavy atom. The van der Waals surface area contributed by atoms with E-state index < -0.39 is 0 Å². The highest BCUT2D eigenvalue weighted by Gasteiger charge is 2.16. The molecule has 24 heavy (non-hydrogen) atoms. The molecule has 2 aromatic heterocycles. The van der Waals surface area contributed by atoms with E-state index in [1.807, 2.05) is 55.8 Å². The molecule has 3 aromatic rings. The van der Waals surface area contributed by atoms with E-state index in [9.17, 15) is 4.79 Å². The number of nitrogens with zero attached hydrogens (tertiary/aromatic N) is 3. The van der Waals surface area contributed by atoms with Crippen LogP contribution in [0.3, 0.4) is 0 Å². The molecule has 4 nitrogen and oxygen atoms in total. The molecule has 0 saturated carbocycles. The number of thiophene rings is 1. The van der Waals surface area contributed by atoms with Crippen molar-refractivity contribution < 1.29 is 4.79 Å². The van der Waals surface area contributed by atoms with Gasteiger partial charge < -0.3 is 4.57 Å². The fourth-order valence-electron chi connectivity index (χ4n) is 2.41. The third-order valence-electron chi connectivity index (χ3n) is 3.61. The highest BCUT2D eigenvalue weighted by molar-refractivity contribution is 7.99. The number of hydrogen-bond donors (Lipinski definition) is 0. The number of ketones is 1. The molecule has 0 spiro atoms. The lowest BCUT2D eigenvalue weighted by Gasteiger charge is -2.04. The van der Waals surface area contributed by atoms with Crippen molar-refractivity contribution in [3.63, 3.8) is 0 Å². The van der Waals surface area contributed by atoms with Gasteiger partial charge >= 0.3 is 0 Å². The largest absolute Gasteiger partial charge is 0.305 e. The van der Waals surface area contributed by atoms with Gasteiger partial charge in [-0.1, -0.05) is 23.4 Å². The Morgan fingerprint density at radius 3 is 2.58 bits per heavy atom. The third-order valence-corrected chi connectivity index (χ3v) is 5.85. The van der Waals surface area contributed by atoms with Crippen LogP contribution in [0.25, 0.3) is 11.4 Å². The van der Waals surface area contributed by atoms with Gasteiger partial charge in [0.05, 0.1) is 5.75 Å². The average molecular weight is 378 g/mol. The predicted octanol–water partition coefficient (Wildman–Crippen LogP) is 4.79. The van der Waals surface area contributed by atoms with Gasteiger partial charge in [0.1, 0.15) is 0 Å². The number of benzene rings is 1. The molecule has 0 aliphatic rings. The number of hydrogen-bond acceptors (Lipinski definition) is 5. The highest BCUT2D eigenvalue weighted by atomic mass is 35.5. The Kier molecular flexibility index (Phi) is 5.08. The van der Waals surface area contributed by atoms with Crippen molar-refractivity contribution >= 4 is 40.5 Å². The lowest BCUT2D eigenvalue weighted by atomic mass is 10.2. The minimum absolute atomic E-state index is 0.123. The van der Waals surface area contributed by atoms with E-state index >= 15 is 0 Å². The molecule has 124 valence electrons. The van der Waals surface area contributed by atoms with Gasteiger partial charge in [0.2, 0.25) is 0 Å². The van der Waals surface area contributed by atoms with Crippen molar-refractivity contribution in [2.24, 2.45) is 7.05 Å². The summed E-state index contributed by atoms with van der Waals surface area (Å²) >= 11 is 8.97. The zero-order valence-electron chi connectivity index (χ0n) is 13.5. The summed E-state index contributed by atoms with van der Waals surface area (Å²) in [5, 5.41) is 9.83. The van der Waals surface area contributed by atoms with E-state index in [-0.39, 0.29) is 5.78 Å². The molecule has 0 aliphatic carbocycles. The van der Waals surface area contributed by atoms with E-state index in [0.29, 0.717) is 10.8 Å². The van der Waals surface area contributed by atoms with Gasteiger partial charge in [0.25, 0.3) is 0 Å². The number of aromatic nitrogens is 3. The van der Waals surface area contributed by atoms with Crippen molar-refractivity contribution in [1.82, 2.24) is 14.8 Å². The number of thioether (sulfide) groups is 1. The molecular formula is C17H16ClN3OS2. The van der Waals surface area contributed by atoms with E-state index in [4.69, 9.17) is 11.6 Å². The number of halogens is 1. The van der Waals surface area contributed by atoms with Gasteiger partial charge in [-0.2, -0.15) is 0 Å². The van der Waals surface area contributed by atoms with Crippen molar-refractivity contribution in [2.45, 2.75) is 19.0 Å². The van der Waals surface area contributed by atoms with E-state index in [1.54, 1.807) is 11.3 Å². The van der Waals surface area contributed by atoms with Crippen LogP contribution < -0.4 is 0 Å². The second kappa shape index (κ2) is 7.09. The molecule has 2 heterocycles. The molecule has 0 saturated heterocycles. The maximum absolute atomic E-state index is 12.4. The minimum atomic E-state index is 0.123. The minimum Gasteiger partial charge on any atom is -0.305 e. The van der Waals surface area contributed by atoms with Crippen LogP contribution in [0, 0.1) is 13.8 Å². The van der Waals surface area contributed by atoms with Crippen LogP contribution >= 0.6 is 34.7 Å². The number of aryl methyl sites for hydroxylation is 2. The normalized spacial score (nSPS) is 11.0. The van der Waals surface area contributed by atoms with Crippen molar-refractivity contribution in [3.05, 3.63) is 50.7 Å². The molecule has 3 rings (SSSR count). The standard InChI is InChI=1S/C17H16ClN3OS2/c1-10-8-14(11(2)24-10)15(22)9-23-17-20-19-16(21(17)3)12-4-6-13(18)7-5-12/h4-8H,9H2,1-3H3. The second-order valence-electron chi connectivity index (χ2n) is 5.41. The molecule has 0 amide bonds. The molecule has 7 heteroatoms. The summed E-state index contributed by atoms with van der Waals surface area (Å²) in [5.74, 6) is 1.23. The first-order valence-corrected chi connectivity index (χ1v) is 9.52. The monoisotopic (exact) mass is 377 g/mol. The molecule has 0 bridgehead atoms. The first kappa shape index (κ1) is 17.2. The topological polar surface area (TPSA) is 47.8 Å². The van der Waals surface area contributed by atoms with Gasteiger partial charge in [0.15, 0.2) is 16.8 Å². The summed E-state index contributed by atoms with van der Waals surface area (Å²) in [6.07, 6.45) is 0. The Bertz CT molecular complexity index is 884. The molecule has 0 aliphatic heterocycles. The summed E-state index contributed by atoms with van der Waals surface area (Å²) in [7, 11) is 1.90. The lowest BCUT2D eigenvalue weighted by Crippen LogP contribution is -2.04. The van der Waals surface area contributed by atoms with Crippen LogP contribution in [-0.2, 0) is 7.05 Å². The summed E-state index contributed by atoms with van der Waals surface area (Å²) in [4.78, 5) is 14.6. The predicted molar refractivity (Wildman–Crippen MR) is 100 cm³/mol. The van der Waals surface area contributed by atoms with Crippen molar-refractivity contribution in [3.8, 4) is 11.4 Å². The Labute approximate surface area is 153 Å². The van der Waals surface area contributed by atoms with Crippen LogP contribution in [0.5, 0.6) is 0 Å². The first-order chi connectivity index (χ1) is 11.5. The van der Waals surface area contributed by atoms with E-state index in [1.165, 1.54) is 11.8 Å². The van der Waals surface area contributed by atoms with Crippen LogP contribution in [0.2, 0.25) is 5.02 Å². The SMILES string of the molecule is Cc1cc(C(=O)CSc2nnc(-c3ccc(Cl)cc3)n2C)c(C)s1. The van der Waals surface area contributed by atoms with E-state index in [0.717, 1.165) is 31.9 Å². The summed E-state index contributed by atoms with van der Waals surface area (Å²) in [5.41, 5.74) is 1.75. The van der Waals surface area contributed by atoms with Crippen molar-refractivity contribution in [2.75, 3.05) is 5.75 Å². The molecule has 0 fully saturated rings. The second-order valence-corrected chi connectivity index (χ2v) is 8.25. The molecule has 0 radical (unpaired) electrons. The molecule has 0 atom stereocenters. The summed E-state index contributed by atoms with van der Waals surface area (Å²) in [6, 6.07) is 9.42. The fourth-order valence-corrected chi connectivity index (χ4v) is 4.27. The number of carbonyl (C=O) groups excluding carboxylic acids is 1. The Balaban J connectivity index is 1.74. The summed E-state index contributed by atoms with van der Waals surface area (Å²) in [6.45, 7) is 4.00. The number of carbonyl (C=O) groups is 1. The fraction of sp³-hybridized carbons (Fsp3) is 0.235. The zero-order chi connectivity index (χ0) is 17.3. The van der Waals surface area contributed by atoms with Crippen LogP contribution in [0.15, 0.2) is 35.5 Å². The first-order valence-electron chi connectivity index (χ1n) is 7.34. The Hall–Kier alpha value is -1.63. The van der Waals surface area contributed by atoms with Crippen LogP contribution in [0.1, 0.15) is 20.1 Å². The van der Waals surface area contributed by atoms with Gasteiger partial charge in [-0.3, -0.25) is 4.79 Å². The smallest absolute Gasteiger partial charge is 0.191 e. The zero-order valence-corrected chi connectivity index (χ0v) is 15.9. The van der Waals surface area contributed by atoms with Crippen LogP contribution in [-0.4, -0.2) is 26.3 Å². The van der Waals surface area contributed by atoms with Gasteiger partial charge in [-0.15, -0.1) is 21.5 Å². The number of Topliss-reactive ketones (excluding diaryl/α,β-unsaturated/α-hetero) is 1. The van der Waals surface area contributed by atoms with Crippen molar-refractivity contribution in [1.29, 1.82) is 0 Å². The summed E-state index contributed by atoms with van der Waals surface area (Å²) < 4.78 is 1.90. The third kappa shape index (κ3) is 3.55. The van der Waals surface area contributed by atoms with Gasteiger partial charge in [-0.25, -0.2) is 0 Å². The van der Waals surface area contributed by atoms with Crippen LogP contribution in [0.4, 0.5) is 0 Å². The Morgan fingerprint density at radius 2 is 1.96 bits per heavy atom. The molecular weight excluding hydrogens is 362 g/mol. The molecule has 1 aromatic carbocycles. The number of rotatable bonds is 5. The lowest BCUT2D eigenvalue weighted by molar-refractivity contribution is 0.102.